The van der Waals surface area contributed by atoms with E-state index in [0.717, 1.165) is 19.5 Å². The molecule has 6 nitrogen and oxygen atoms in total. The van der Waals surface area contributed by atoms with Gasteiger partial charge in [0.15, 0.2) is 0 Å². The number of aliphatic hydroxyl groups is 1. The van der Waals surface area contributed by atoms with Gasteiger partial charge in [0.25, 0.3) is 5.91 Å². The van der Waals surface area contributed by atoms with Crippen LogP contribution in [0.25, 0.3) is 0 Å². The number of benzene rings is 1. The highest BCUT2D eigenvalue weighted by Crippen LogP contribution is 2.18. The molecule has 0 saturated carbocycles. The number of nitrogens with one attached hydrogen (secondary N) is 1. The number of nitrogens with zero attached hydrogens (tertiary/aromatic N) is 3. The quantitative estimate of drug-likeness (QED) is 0.606. The molecule has 0 aromatic heterocycles. The molecule has 1 atom stereocenters. The van der Waals surface area contributed by atoms with Gasteiger partial charge < -0.3 is 10.4 Å². The standard InChI is InChI=1S/C19H24N4O2/c1-3-10-21-18(20-4-2)19(25)22-12-17(24)14-23-11-9-15-7-5-6-8-16(15)13-23/h3-8,10,17,24H,1-2,9,11-14H2,(H,22,25). The molecule has 0 bridgehead atoms. The number of rotatable bonds is 6. The summed E-state index contributed by atoms with van der Waals surface area (Å²) in [5.41, 5.74) is 2.66. The molecule has 1 unspecified atom stereocenters. The summed E-state index contributed by atoms with van der Waals surface area (Å²) in [4.78, 5) is 21.9. The lowest BCUT2D eigenvalue weighted by Gasteiger charge is -2.30. The first-order valence-electron chi connectivity index (χ1n) is 8.23. The molecule has 0 aliphatic carbocycles. The van der Waals surface area contributed by atoms with Crippen LogP contribution in [0.1, 0.15) is 11.1 Å². The zero-order chi connectivity index (χ0) is 18.1. The molecular formula is C19H24N4O2. The second-order valence-corrected chi connectivity index (χ2v) is 5.77. The first kappa shape index (κ1) is 18.8. The molecular weight excluding hydrogens is 316 g/mol. The van der Waals surface area contributed by atoms with Gasteiger partial charge in [0.05, 0.1) is 6.10 Å². The van der Waals surface area contributed by atoms with Gasteiger partial charge >= 0.3 is 0 Å². The van der Waals surface area contributed by atoms with Crippen molar-refractivity contribution < 1.29 is 9.90 Å². The van der Waals surface area contributed by atoms with Crippen LogP contribution >= 0.6 is 0 Å². The number of aliphatic imine (C=N–C) groups is 2. The first-order chi connectivity index (χ1) is 12.1. The molecule has 1 aromatic carbocycles. The molecule has 2 N–H and O–H groups in total. The van der Waals surface area contributed by atoms with E-state index >= 15 is 0 Å². The monoisotopic (exact) mass is 340 g/mol. The molecule has 2 rings (SSSR count). The number of aliphatic hydroxyl groups excluding tert-OH is 1. The Morgan fingerprint density at radius 3 is 2.84 bits per heavy atom. The van der Waals surface area contributed by atoms with Crippen molar-refractivity contribution in [2.24, 2.45) is 9.98 Å². The Labute approximate surface area is 148 Å². The molecule has 1 aliphatic rings. The van der Waals surface area contributed by atoms with E-state index < -0.39 is 12.0 Å². The summed E-state index contributed by atoms with van der Waals surface area (Å²) in [6.07, 6.45) is 4.39. The lowest BCUT2D eigenvalue weighted by Crippen LogP contribution is -2.43. The third-order valence-electron chi connectivity index (χ3n) is 3.90. The molecule has 1 aliphatic heterocycles. The van der Waals surface area contributed by atoms with E-state index in [0.29, 0.717) is 6.54 Å². The Balaban J connectivity index is 1.82. The molecule has 1 heterocycles. The third kappa shape index (κ3) is 5.77. The van der Waals surface area contributed by atoms with Crippen molar-refractivity contribution in [3.63, 3.8) is 0 Å². The second-order valence-electron chi connectivity index (χ2n) is 5.77. The van der Waals surface area contributed by atoms with Gasteiger partial charge in [-0.25, -0.2) is 9.98 Å². The van der Waals surface area contributed by atoms with Crippen LogP contribution in [0.2, 0.25) is 0 Å². The number of hydrogen-bond acceptors (Lipinski definition) is 4. The molecule has 132 valence electrons. The summed E-state index contributed by atoms with van der Waals surface area (Å²) in [5.74, 6) is -0.477. The highest BCUT2D eigenvalue weighted by atomic mass is 16.3. The summed E-state index contributed by atoms with van der Waals surface area (Å²) < 4.78 is 0. The van der Waals surface area contributed by atoms with Crippen molar-refractivity contribution >= 4 is 18.0 Å². The molecule has 1 aromatic rings. The zero-order valence-corrected chi connectivity index (χ0v) is 14.3. The van der Waals surface area contributed by atoms with Crippen molar-refractivity contribution in [3.05, 3.63) is 60.8 Å². The van der Waals surface area contributed by atoms with Gasteiger partial charge in [-0.15, -0.1) is 0 Å². The van der Waals surface area contributed by atoms with Gasteiger partial charge in [-0.1, -0.05) is 43.5 Å². The third-order valence-corrected chi connectivity index (χ3v) is 3.90. The van der Waals surface area contributed by atoms with Crippen LogP contribution in [0, 0.1) is 0 Å². The summed E-state index contributed by atoms with van der Waals surface area (Å²) in [7, 11) is 0. The second kappa shape index (κ2) is 9.66. The van der Waals surface area contributed by atoms with Gasteiger partial charge in [-0.05, 0) is 17.5 Å². The summed E-state index contributed by atoms with van der Waals surface area (Å²) >= 11 is 0. The van der Waals surface area contributed by atoms with E-state index in [-0.39, 0.29) is 12.4 Å². The van der Waals surface area contributed by atoms with E-state index in [1.54, 1.807) is 0 Å². The number of amidine groups is 1. The minimum Gasteiger partial charge on any atom is -0.390 e. The average Bonchev–Trinajstić information content (AvgIpc) is 2.63. The van der Waals surface area contributed by atoms with E-state index in [9.17, 15) is 9.90 Å². The Morgan fingerprint density at radius 1 is 1.36 bits per heavy atom. The van der Waals surface area contributed by atoms with Gasteiger partial charge in [0.2, 0.25) is 5.84 Å². The van der Waals surface area contributed by atoms with Crippen LogP contribution in [-0.4, -0.2) is 53.7 Å². The Morgan fingerprint density at radius 2 is 2.12 bits per heavy atom. The number of carbonyl (C=O) groups excluding carboxylic acids is 1. The SMILES string of the molecule is C=CC=NC(=NC=C)C(=O)NCC(O)CN1CCc2ccccc2C1. The molecule has 25 heavy (non-hydrogen) atoms. The Kier molecular flexibility index (Phi) is 7.25. The summed E-state index contributed by atoms with van der Waals surface area (Å²) in [6.45, 7) is 9.30. The zero-order valence-electron chi connectivity index (χ0n) is 14.3. The topological polar surface area (TPSA) is 77.3 Å². The first-order valence-corrected chi connectivity index (χ1v) is 8.23. The molecule has 6 heteroatoms. The Hall–Kier alpha value is -2.57. The molecule has 0 saturated heterocycles. The fraction of sp³-hybridized carbons (Fsp3) is 0.316. The van der Waals surface area contributed by atoms with E-state index in [1.807, 2.05) is 6.07 Å². The van der Waals surface area contributed by atoms with Crippen LogP contribution < -0.4 is 5.32 Å². The van der Waals surface area contributed by atoms with Crippen LogP contribution in [0.4, 0.5) is 0 Å². The predicted molar refractivity (Wildman–Crippen MR) is 101 cm³/mol. The van der Waals surface area contributed by atoms with Gasteiger partial charge in [0, 0.05) is 38.6 Å². The summed E-state index contributed by atoms with van der Waals surface area (Å²) in [6, 6.07) is 8.35. The van der Waals surface area contributed by atoms with E-state index in [2.05, 4.69) is 51.6 Å². The van der Waals surface area contributed by atoms with Gasteiger partial charge in [-0.3, -0.25) is 9.69 Å². The van der Waals surface area contributed by atoms with Gasteiger partial charge in [0.1, 0.15) is 0 Å². The van der Waals surface area contributed by atoms with Gasteiger partial charge in [-0.2, -0.15) is 0 Å². The number of carbonyl (C=O) groups is 1. The minimum absolute atomic E-state index is 0.0194. The normalized spacial score (nSPS) is 16.3. The number of β-amino-alcohol motifs (C(OH)–C–C–N with tert-alkyl or cyclic N) is 1. The van der Waals surface area contributed by atoms with Crippen molar-refractivity contribution in [1.29, 1.82) is 0 Å². The molecule has 0 fully saturated rings. The largest absolute Gasteiger partial charge is 0.390 e. The minimum atomic E-state index is -0.664. The maximum Gasteiger partial charge on any atom is 0.289 e. The number of hydrogen-bond donors (Lipinski definition) is 2. The highest BCUT2D eigenvalue weighted by molar-refractivity contribution is 6.39. The molecule has 1 amide bonds. The number of amides is 1. The van der Waals surface area contributed by atoms with E-state index in [1.165, 1.54) is 29.6 Å². The fourth-order valence-electron chi connectivity index (χ4n) is 2.72. The van der Waals surface area contributed by atoms with Crippen molar-refractivity contribution in [1.82, 2.24) is 10.2 Å². The maximum atomic E-state index is 12.0. The summed E-state index contributed by atoms with van der Waals surface area (Å²) in [5, 5.41) is 12.9. The lowest BCUT2D eigenvalue weighted by atomic mass is 10.00. The Bertz CT molecular complexity index is 682. The predicted octanol–water partition coefficient (Wildman–Crippen LogP) is 1.32. The molecule has 0 spiro atoms. The fourth-order valence-corrected chi connectivity index (χ4v) is 2.72. The van der Waals surface area contributed by atoms with Crippen LogP contribution in [-0.2, 0) is 17.8 Å². The van der Waals surface area contributed by atoms with Crippen LogP contribution in [0.3, 0.4) is 0 Å². The highest BCUT2D eigenvalue weighted by Gasteiger charge is 2.19. The maximum absolute atomic E-state index is 12.0. The smallest absolute Gasteiger partial charge is 0.289 e. The molecule has 0 radical (unpaired) electrons. The number of allylic oxidation sites excluding steroid dienone is 1. The van der Waals surface area contributed by atoms with Crippen LogP contribution in [0.5, 0.6) is 0 Å². The van der Waals surface area contributed by atoms with Crippen molar-refractivity contribution in [2.75, 3.05) is 19.6 Å². The van der Waals surface area contributed by atoms with E-state index in [4.69, 9.17) is 0 Å². The number of fused-ring (bicyclic) bond motifs is 1. The van der Waals surface area contributed by atoms with Crippen molar-refractivity contribution in [2.45, 2.75) is 19.1 Å². The average molecular weight is 340 g/mol. The van der Waals surface area contributed by atoms with Crippen LogP contribution in [0.15, 0.2) is 59.7 Å². The van der Waals surface area contributed by atoms with Crippen molar-refractivity contribution in [3.8, 4) is 0 Å². The lowest BCUT2D eigenvalue weighted by molar-refractivity contribution is -0.115.